The fraction of sp³-hybridized carbons (Fsp3) is 0.389. The number of carbonyl (C=O) groups is 2. The summed E-state index contributed by atoms with van der Waals surface area (Å²) in [5.74, 6) is -0.295. The summed E-state index contributed by atoms with van der Waals surface area (Å²) < 4.78 is 0. The summed E-state index contributed by atoms with van der Waals surface area (Å²) in [7, 11) is 0. The zero-order valence-electron chi connectivity index (χ0n) is 13.7. The predicted molar refractivity (Wildman–Crippen MR) is 94.2 cm³/mol. The molecule has 1 aromatic heterocycles. The molecule has 1 N–H and O–H groups in total. The lowest BCUT2D eigenvalue weighted by Crippen LogP contribution is -2.40. The van der Waals surface area contributed by atoms with Gasteiger partial charge in [-0.05, 0) is 24.5 Å². The topological polar surface area (TPSA) is 69.3 Å². The molecule has 1 saturated heterocycles. The number of hydrogen-bond donors (Lipinski definition) is 1. The SMILES string of the molecule is O=C1CC(C(=O)N2CCCc3[nH]ncc32)CN1Cc1ccccc1Cl. The third-order valence-corrected chi connectivity index (χ3v) is 5.31. The largest absolute Gasteiger partial charge is 0.337 e. The van der Waals surface area contributed by atoms with Crippen molar-refractivity contribution in [1.82, 2.24) is 15.1 Å². The maximum Gasteiger partial charge on any atom is 0.232 e. The first-order chi connectivity index (χ1) is 12.1. The minimum absolute atomic E-state index is 0.00250. The Morgan fingerprint density at radius 1 is 1.36 bits per heavy atom. The molecule has 7 heteroatoms. The maximum atomic E-state index is 13.0. The molecule has 2 amide bonds. The third kappa shape index (κ3) is 3.02. The Hall–Kier alpha value is -2.34. The van der Waals surface area contributed by atoms with Crippen LogP contribution in [0.25, 0.3) is 0 Å². The first-order valence-electron chi connectivity index (χ1n) is 8.48. The van der Waals surface area contributed by atoms with E-state index in [0.29, 0.717) is 24.7 Å². The van der Waals surface area contributed by atoms with Gasteiger partial charge in [0.25, 0.3) is 0 Å². The number of aromatic nitrogens is 2. The number of fused-ring (bicyclic) bond motifs is 1. The maximum absolute atomic E-state index is 13.0. The Balaban J connectivity index is 1.48. The van der Waals surface area contributed by atoms with E-state index in [0.717, 1.165) is 29.8 Å². The quantitative estimate of drug-likeness (QED) is 0.915. The van der Waals surface area contributed by atoms with Crippen LogP contribution in [0.2, 0.25) is 5.02 Å². The van der Waals surface area contributed by atoms with E-state index in [4.69, 9.17) is 11.6 Å². The monoisotopic (exact) mass is 358 g/mol. The Morgan fingerprint density at radius 2 is 2.20 bits per heavy atom. The number of aromatic amines is 1. The standard InChI is InChI=1S/C18H19ClN4O2/c19-14-5-2-1-4-12(14)10-22-11-13(8-17(22)24)18(25)23-7-3-6-15-16(23)9-20-21-15/h1-2,4-5,9,13H,3,6-8,10-11H2,(H,20,21). The molecular formula is C18H19ClN4O2. The lowest BCUT2D eigenvalue weighted by atomic mass is 10.0. The number of nitrogens with one attached hydrogen (secondary N) is 1. The number of hydrogen-bond acceptors (Lipinski definition) is 3. The number of carbonyl (C=O) groups excluding carboxylic acids is 2. The lowest BCUT2D eigenvalue weighted by molar-refractivity contribution is -0.128. The minimum Gasteiger partial charge on any atom is -0.337 e. The number of halogens is 1. The van der Waals surface area contributed by atoms with E-state index in [2.05, 4.69) is 10.2 Å². The first-order valence-corrected chi connectivity index (χ1v) is 8.86. The van der Waals surface area contributed by atoms with Crippen molar-refractivity contribution in [3.05, 3.63) is 46.7 Å². The molecule has 2 aliphatic heterocycles. The molecule has 1 fully saturated rings. The molecule has 0 spiro atoms. The Bertz CT molecular complexity index is 819. The van der Waals surface area contributed by atoms with E-state index in [1.54, 1.807) is 16.0 Å². The van der Waals surface area contributed by atoms with Crippen LogP contribution in [0.4, 0.5) is 5.69 Å². The molecule has 6 nitrogen and oxygen atoms in total. The summed E-state index contributed by atoms with van der Waals surface area (Å²) in [4.78, 5) is 28.8. The molecule has 0 aliphatic carbocycles. The number of anilines is 1. The molecule has 2 aliphatic rings. The van der Waals surface area contributed by atoms with Crippen LogP contribution >= 0.6 is 11.6 Å². The minimum atomic E-state index is -0.309. The highest BCUT2D eigenvalue weighted by Gasteiger charge is 2.38. The summed E-state index contributed by atoms with van der Waals surface area (Å²) in [6.45, 7) is 1.56. The van der Waals surface area contributed by atoms with Gasteiger partial charge in [-0.2, -0.15) is 5.10 Å². The van der Waals surface area contributed by atoms with Crippen LogP contribution in [0.5, 0.6) is 0 Å². The number of amides is 2. The summed E-state index contributed by atoms with van der Waals surface area (Å²) in [5, 5.41) is 7.64. The van der Waals surface area contributed by atoms with Crippen LogP contribution in [0.1, 0.15) is 24.1 Å². The van der Waals surface area contributed by atoms with E-state index in [9.17, 15) is 9.59 Å². The molecule has 1 atom stereocenters. The van der Waals surface area contributed by atoms with Crippen LogP contribution in [0.3, 0.4) is 0 Å². The van der Waals surface area contributed by atoms with Gasteiger partial charge in [0.1, 0.15) is 0 Å². The molecule has 1 aromatic carbocycles. The average Bonchev–Trinajstić information content (AvgIpc) is 3.23. The number of likely N-dealkylation sites (tertiary alicyclic amines) is 1. The van der Waals surface area contributed by atoms with Crippen LogP contribution < -0.4 is 4.90 Å². The zero-order chi connectivity index (χ0) is 17.4. The zero-order valence-corrected chi connectivity index (χ0v) is 14.5. The van der Waals surface area contributed by atoms with E-state index < -0.39 is 0 Å². The molecule has 0 saturated carbocycles. The number of benzene rings is 1. The van der Waals surface area contributed by atoms with Crippen molar-refractivity contribution in [2.75, 3.05) is 18.0 Å². The van der Waals surface area contributed by atoms with Gasteiger partial charge in [0, 0.05) is 31.1 Å². The summed E-state index contributed by atoms with van der Waals surface area (Å²) in [6, 6.07) is 7.49. The predicted octanol–water partition coefficient (Wildman–Crippen LogP) is 2.39. The van der Waals surface area contributed by atoms with Gasteiger partial charge in [-0.3, -0.25) is 14.7 Å². The highest BCUT2D eigenvalue weighted by molar-refractivity contribution is 6.31. The van der Waals surface area contributed by atoms with Gasteiger partial charge in [0.2, 0.25) is 11.8 Å². The number of nitrogens with zero attached hydrogens (tertiary/aromatic N) is 3. The number of H-pyrrole nitrogens is 1. The van der Waals surface area contributed by atoms with E-state index in [1.807, 2.05) is 24.3 Å². The van der Waals surface area contributed by atoms with Crippen molar-refractivity contribution in [2.24, 2.45) is 5.92 Å². The fourth-order valence-corrected chi connectivity index (χ4v) is 3.82. The molecule has 2 aromatic rings. The summed E-state index contributed by atoms with van der Waals surface area (Å²) in [6.07, 6.45) is 3.77. The van der Waals surface area contributed by atoms with Crippen molar-refractivity contribution in [3.63, 3.8) is 0 Å². The van der Waals surface area contributed by atoms with E-state index in [1.165, 1.54) is 0 Å². The fourth-order valence-electron chi connectivity index (χ4n) is 3.63. The van der Waals surface area contributed by atoms with Gasteiger partial charge >= 0.3 is 0 Å². The van der Waals surface area contributed by atoms with Crippen molar-refractivity contribution < 1.29 is 9.59 Å². The Morgan fingerprint density at radius 3 is 3.04 bits per heavy atom. The van der Waals surface area contributed by atoms with Gasteiger partial charge in [-0.15, -0.1) is 0 Å². The highest BCUT2D eigenvalue weighted by Crippen LogP contribution is 2.30. The van der Waals surface area contributed by atoms with Crippen LogP contribution in [-0.2, 0) is 22.6 Å². The normalized spacial score (nSPS) is 20.0. The van der Waals surface area contributed by atoms with E-state index >= 15 is 0 Å². The number of rotatable bonds is 3. The lowest BCUT2D eigenvalue weighted by Gasteiger charge is -2.28. The van der Waals surface area contributed by atoms with Gasteiger partial charge in [0.15, 0.2) is 0 Å². The first kappa shape index (κ1) is 16.1. The van der Waals surface area contributed by atoms with Gasteiger partial charge in [0.05, 0.1) is 23.5 Å². The molecule has 4 rings (SSSR count). The van der Waals surface area contributed by atoms with Crippen LogP contribution in [0.15, 0.2) is 30.5 Å². The van der Waals surface area contributed by atoms with E-state index in [-0.39, 0.29) is 24.2 Å². The average molecular weight is 359 g/mol. The molecule has 1 unspecified atom stereocenters. The molecule has 3 heterocycles. The highest BCUT2D eigenvalue weighted by atomic mass is 35.5. The summed E-state index contributed by atoms with van der Waals surface area (Å²) in [5.41, 5.74) is 2.76. The van der Waals surface area contributed by atoms with Crippen molar-refractivity contribution in [1.29, 1.82) is 0 Å². The molecule has 0 radical (unpaired) electrons. The Labute approximate surface area is 150 Å². The molecule has 0 bridgehead atoms. The molecule has 130 valence electrons. The van der Waals surface area contributed by atoms with Crippen LogP contribution in [-0.4, -0.2) is 40.0 Å². The molecular weight excluding hydrogens is 340 g/mol. The second kappa shape index (κ2) is 6.52. The smallest absolute Gasteiger partial charge is 0.232 e. The van der Waals surface area contributed by atoms with Gasteiger partial charge in [-0.1, -0.05) is 29.8 Å². The van der Waals surface area contributed by atoms with Crippen LogP contribution in [0, 0.1) is 5.92 Å². The molecule has 25 heavy (non-hydrogen) atoms. The Kier molecular flexibility index (Phi) is 4.21. The van der Waals surface area contributed by atoms with Crippen molar-refractivity contribution in [2.45, 2.75) is 25.8 Å². The van der Waals surface area contributed by atoms with Crippen molar-refractivity contribution in [3.8, 4) is 0 Å². The van der Waals surface area contributed by atoms with Gasteiger partial charge < -0.3 is 9.80 Å². The summed E-state index contributed by atoms with van der Waals surface area (Å²) >= 11 is 6.19. The second-order valence-corrected chi connectivity index (χ2v) is 7.00. The third-order valence-electron chi connectivity index (χ3n) is 4.94. The van der Waals surface area contributed by atoms with Gasteiger partial charge in [-0.25, -0.2) is 0 Å². The van der Waals surface area contributed by atoms with Crippen molar-refractivity contribution >= 4 is 29.1 Å². The number of aryl methyl sites for hydroxylation is 1. The second-order valence-electron chi connectivity index (χ2n) is 6.59.